The van der Waals surface area contributed by atoms with E-state index in [4.69, 9.17) is 18.9 Å². The van der Waals surface area contributed by atoms with Gasteiger partial charge in [-0.25, -0.2) is 4.79 Å². The molecule has 2 heterocycles. The van der Waals surface area contributed by atoms with E-state index < -0.39 is 11.7 Å². The predicted octanol–water partition coefficient (Wildman–Crippen LogP) is 3.70. The molecule has 4 rings (SSSR count). The van der Waals surface area contributed by atoms with Gasteiger partial charge in [0.1, 0.15) is 34.2 Å². The van der Waals surface area contributed by atoms with Gasteiger partial charge in [-0.05, 0) is 12.1 Å². The van der Waals surface area contributed by atoms with Crippen LogP contribution in [-0.2, 0) is 0 Å². The highest BCUT2D eigenvalue weighted by molar-refractivity contribution is 6.03. The van der Waals surface area contributed by atoms with Gasteiger partial charge < -0.3 is 23.8 Å². The average molecular weight is 397 g/mol. The molecule has 1 saturated heterocycles. The molecule has 1 fully saturated rings. The number of piperidine rings is 1. The Morgan fingerprint density at radius 2 is 1.76 bits per heavy atom. The van der Waals surface area contributed by atoms with Gasteiger partial charge in [0.05, 0.1) is 20.6 Å². The minimum Gasteiger partial charge on any atom is -0.496 e. The summed E-state index contributed by atoms with van der Waals surface area (Å²) in [5.41, 5.74) is -0.185. The highest BCUT2D eigenvalue weighted by Gasteiger charge is 2.45. The second-order valence-electron chi connectivity index (χ2n) is 7.26. The van der Waals surface area contributed by atoms with E-state index in [9.17, 15) is 9.59 Å². The third kappa shape index (κ3) is 3.72. The summed E-state index contributed by atoms with van der Waals surface area (Å²) >= 11 is 0. The molecular formula is C22H23NO6. The first-order valence-electron chi connectivity index (χ1n) is 9.54. The molecule has 7 heteroatoms. The smallest absolute Gasteiger partial charge is 0.415 e. The lowest BCUT2D eigenvalue weighted by atomic mass is 9.82. The molecule has 0 aliphatic carbocycles. The van der Waals surface area contributed by atoms with Gasteiger partial charge in [0, 0.05) is 38.1 Å². The zero-order valence-electron chi connectivity index (χ0n) is 16.5. The molecule has 2 aliphatic heterocycles. The number of nitrogens with zero attached hydrogens (tertiary/aromatic N) is 1. The number of carbonyl (C=O) groups excluding carboxylic acids is 2. The topological polar surface area (TPSA) is 74.3 Å². The molecule has 0 saturated carbocycles. The van der Waals surface area contributed by atoms with Crippen LogP contribution < -0.4 is 18.9 Å². The van der Waals surface area contributed by atoms with Gasteiger partial charge >= 0.3 is 6.09 Å². The normalized spacial score (nSPS) is 17.3. The Balaban J connectivity index is 1.48. The van der Waals surface area contributed by atoms with Crippen molar-refractivity contribution in [3.63, 3.8) is 0 Å². The van der Waals surface area contributed by atoms with Gasteiger partial charge in [-0.2, -0.15) is 0 Å². The zero-order valence-corrected chi connectivity index (χ0v) is 16.5. The number of fused-ring (bicyclic) bond motifs is 1. The van der Waals surface area contributed by atoms with E-state index in [1.807, 2.05) is 18.2 Å². The first-order chi connectivity index (χ1) is 14.0. The third-order valence-electron chi connectivity index (χ3n) is 5.46. The van der Waals surface area contributed by atoms with Crippen molar-refractivity contribution in [2.75, 3.05) is 27.3 Å². The SMILES string of the molecule is COc1cc(OC)c2c(c1)OC1(CCN(C(=O)Oc3ccccc3)CC1)CC2=O. The monoisotopic (exact) mass is 397 g/mol. The summed E-state index contributed by atoms with van der Waals surface area (Å²) in [6.45, 7) is 0.908. The minimum atomic E-state index is -0.634. The Morgan fingerprint density at radius 3 is 2.41 bits per heavy atom. The van der Waals surface area contributed by atoms with Crippen LogP contribution in [0.2, 0.25) is 0 Å². The van der Waals surface area contributed by atoms with Crippen LogP contribution in [0.1, 0.15) is 29.6 Å². The maximum atomic E-state index is 12.9. The minimum absolute atomic E-state index is 0.0222. The maximum absolute atomic E-state index is 12.9. The van der Waals surface area contributed by atoms with Crippen LogP contribution in [-0.4, -0.2) is 49.7 Å². The maximum Gasteiger partial charge on any atom is 0.415 e. The van der Waals surface area contributed by atoms with Crippen LogP contribution in [0.25, 0.3) is 0 Å². The number of carbonyl (C=O) groups is 2. The van der Waals surface area contributed by atoms with Crippen molar-refractivity contribution < 1.29 is 28.5 Å². The Morgan fingerprint density at radius 1 is 1.03 bits per heavy atom. The van der Waals surface area contributed by atoms with E-state index in [2.05, 4.69) is 0 Å². The van der Waals surface area contributed by atoms with Crippen LogP contribution in [0.3, 0.4) is 0 Å². The Bertz CT molecular complexity index is 918. The van der Waals surface area contributed by atoms with E-state index in [-0.39, 0.29) is 12.2 Å². The molecule has 0 aromatic heterocycles. The van der Waals surface area contributed by atoms with Crippen molar-refractivity contribution in [3.05, 3.63) is 48.0 Å². The van der Waals surface area contributed by atoms with E-state index in [0.717, 1.165) is 0 Å². The fraction of sp³-hybridized carbons (Fsp3) is 0.364. The largest absolute Gasteiger partial charge is 0.496 e. The third-order valence-corrected chi connectivity index (χ3v) is 5.46. The standard InChI is InChI=1S/C22H23NO6/c1-26-16-12-18(27-2)20-17(24)14-22(29-19(20)13-16)8-10-23(11-9-22)21(25)28-15-6-4-3-5-7-15/h3-7,12-13H,8-11,14H2,1-2H3. The average Bonchev–Trinajstić information content (AvgIpc) is 2.73. The summed E-state index contributed by atoms with van der Waals surface area (Å²) in [4.78, 5) is 27.0. The van der Waals surface area contributed by atoms with Crippen LogP contribution >= 0.6 is 0 Å². The summed E-state index contributed by atoms with van der Waals surface area (Å²) < 4.78 is 22.4. The fourth-order valence-electron chi connectivity index (χ4n) is 3.88. The molecule has 2 aliphatic rings. The number of hydrogen-bond acceptors (Lipinski definition) is 6. The lowest BCUT2D eigenvalue weighted by Gasteiger charge is -2.43. The van der Waals surface area contributed by atoms with Crippen LogP contribution in [0, 0.1) is 0 Å². The number of methoxy groups -OCH3 is 2. The van der Waals surface area contributed by atoms with E-state index in [1.54, 1.807) is 36.3 Å². The predicted molar refractivity (Wildman–Crippen MR) is 105 cm³/mol. The number of benzene rings is 2. The van der Waals surface area contributed by atoms with Crippen molar-refractivity contribution in [2.24, 2.45) is 0 Å². The quantitative estimate of drug-likeness (QED) is 0.786. The van der Waals surface area contributed by atoms with Gasteiger partial charge in [-0.3, -0.25) is 4.79 Å². The van der Waals surface area contributed by atoms with Gasteiger partial charge in [0.25, 0.3) is 0 Å². The van der Waals surface area contributed by atoms with Crippen molar-refractivity contribution in [1.29, 1.82) is 0 Å². The van der Waals surface area contributed by atoms with Gasteiger partial charge in [-0.1, -0.05) is 18.2 Å². The van der Waals surface area contributed by atoms with Crippen LogP contribution in [0.5, 0.6) is 23.0 Å². The Hall–Kier alpha value is -3.22. The molecule has 0 atom stereocenters. The molecule has 0 bridgehead atoms. The molecule has 0 radical (unpaired) electrons. The summed E-state index contributed by atoms with van der Waals surface area (Å²) in [5.74, 6) is 1.97. The molecule has 2 aromatic rings. The second-order valence-corrected chi connectivity index (χ2v) is 7.26. The zero-order chi connectivity index (χ0) is 20.4. The van der Waals surface area contributed by atoms with E-state index >= 15 is 0 Å². The van der Waals surface area contributed by atoms with E-state index in [0.29, 0.717) is 54.5 Å². The van der Waals surface area contributed by atoms with Crippen molar-refractivity contribution in [2.45, 2.75) is 24.9 Å². The molecule has 1 spiro atoms. The van der Waals surface area contributed by atoms with Crippen molar-refractivity contribution in [3.8, 4) is 23.0 Å². The molecule has 7 nitrogen and oxygen atoms in total. The van der Waals surface area contributed by atoms with Crippen molar-refractivity contribution in [1.82, 2.24) is 4.90 Å². The summed E-state index contributed by atoms with van der Waals surface area (Å²) in [5, 5.41) is 0. The van der Waals surface area contributed by atoms with Gasteiger partial charge in [0.2, 0.25) is 0 Å². The molecule has 0 N–H and O–H groups in total. The summed E-state index contributed by atoms with van der Waals surface area (Å²) in [6, 6.07) is 12.4. The number of hydrogen-bond donors (Lipinski definition) is 0. The Kier molecular flexibility index (Phi) is 5.05. The first kappa shape index (κ1) is 19.1. The first-order valence-corrected chi connectivity index (χ1v) is 9.54. The van der Waals surface area contributed by atoms with E-state index in [1.165, 1.54) is 7.11 Å². The number of para-hydroxylation sites is 1. The number of ether oxygens (including phenoxy) is 4. The number of ketones is 1. The Labute approximate surface area is 169 Å². The summed E-state index contributed by atoms with van der Waals surface area (Å²) in [7, 11) is 3.07. The van der Waals surface area contributed by atoms with Crippen LogP contribution in [0.4, 0.5) is 4.79 Å². The molecule has 152 valence electrons. The molecule has 29 heavy (non-hydrogen) atoms. The fourth-order valence-corrected chi connectivity index (χ4v) is 3.88. The summed E-state index contributed by atoms with van der Waals surface area (Å²) in [6.07, 6.45) is 0.949. The molecule has 2 aromatic carbocycles. The molecule has 1 amide bonds. The van der Waals surface area contributed by atoms with Crippen LogP contribution in [0.15, 0.2) is 42.5 Å². The van der Waals surface area contributed by atoms with Gasteiger partial charge in [-0.15, -0.1) is 0 Å². The lowest BCUT2D eigenvalue weighted by molar-refractivity contribution is -0.00483. The highest BCUT2D eigenvalue weighted by atomic mass is 16.6. The second kappa shape index (κ2) is 7.66. The molecular weight excluding hydrogens is 374 g/mol. The van der Waals surface area contributed by atoms with Crippen molar-refractivity contribution >= 4 is 11.9 Å². The number of rotatable bonds is 3. The number of amides is 1. The lowest BCUT2D eigenvalue weighted by Crippen LogP contribution is -2.52. The number of likely N-dealkylation sites (tertiary alicyclic amines) is 1. The number of Topliss-reactive ketones (excluding diaryl/α,β-unsaturated/α-hetero) is 1. The van der Waals surface area contributed by atoms with Gasteiger partial charge in [0.15, 0.2) is 5.78 Å². The molecule has 0 unspecified atom stereocenters. The highest BCUT2D eigenvalue weighted by Crippen LogP contribution is 2.44.